The summed E-state index contributed by atoms with van der Waals surface area (Å²) in [6.07, 6.45) is 1.07. The number of aromatic nitrogens is 2. The van der Waals surface area contributed by atoms with Gasteiger partial charge in [0.2, 0.25) is 0 Å². The van der Waals surface area contributed by atoms with Crippen LogP contribution in [0, 0.1) is 0 Å². The standard InChI is InChI=1S/C16H21BrN4/c1-4-9-18-14-10-15(21-16(20-14)11(2)3)19-13-7-5-12(17)6-8-13/h5-8,10-11H,4,9H2,1-3H3,(H2,18,19,20,21). The molecule has 1 aromatic heterocycles. The number of halogens is 1. The highest BCUT2D eigenvalue weighted by atomic mass is 79.9. The number of nitrogens with one attached hydrogen (secondary N) is 2. The second-order valence-corrected chi connectivity index (χ2v) is 6.13. The minimum Gasteiger partial charge on any atom is -0.370 e. The van der Waals surface area contributed by atoms with E-state index in [9.17, 15) is 0 Å². The molecule has 0 unspecified atom stereocenters. The molecule has 5 heteroatoms. The van der Waals surface area contributed by atoms with Crippen LogP contribution in [0.2, 0.25) is 0 Å². The van der Waals surface area contributed by atoms with Crippen LogP contribution < -0.4 is 10.6 Å². The Morgan fingerprint density at radius 3 is 2.38 bits per heavy atom. The number of hydrogen-bond donors (Lipinski definition) is 2. The summed E-state index contributed by atoms with van der Waals surface area (Å²) in [7, 11) is 0. The fourth-order valence-electron chi connectivity index (χ4n) is 1.81. The molecule has 0 radical (unpaired) electrons. The van der Waals surface area contributed by atoms with Gasteiger partial charge in [-0.05, 0) is 30.7 Å². The lowest BCUT2D eigenvalue weighted by molar-refractivity contribution is 0.775. The second kappa shape index (κ2) is 7.41. The monoisotopic (exact) mass is 348 g/mol. The Bertz CT molecular complexity index is 581. The first kappa shape index (κ1) is 15.8. The number of anilines is 3. The summed E-state index contributed by atoms with van der Waals surface area (Å²) in [4.78, 5) is 9.14. The molecule has 0 aliphatic carbocycles. The third-order valence-corrected chi connectivity index (χ3v) is 3.46. The van der Waals surface area contributed by atoms with E-state index in [2.05, 4.69) is 57.3 Å². The van der Waals surface area contributed by atoms with Crippen molar-refractivity contribution in [3.05, 3.63) is 40.6 Å². The van der Waals surface area contributed by atoms with Gasteiger partial charge < -0.3 is 10.6 Å². The third-order valence-electron chi connectivity index (χ3n) is 2.93. The predicted molar refractivity (Wildman–Crippen MR) is 92.3 cm³/mol. The molecule has 0 fully saturated rings. The molecule has 0 spiro atoms. The lowest BCUT2D eigenvalue weighted by Crippen LogP contribution is -2.08. The third kappa shape index (κ3) is 4.70. The summed E-state index contributed by atoms with van der Waals surface area (Å²) in [6, 6.07) is 9.98. The van der Waals surface area contributed by atoms with E-state index in [1.54, 1.807) is 0 Å². The SMILES string of the molecule is CCCNc1cc(Nc2ccc(Br)cc2)nc(C(C)C)n1. The quantitative estimate of drug-likeness (QED) is 0.777. The molecule has 21 heavy (non-hydrogen) atoms. The molecular weight excluding hydrogens is 328 g/mol. The van der Waals surface area contributed by atoms with Crippen LogP contribution in [-0.4, -0.2) is 16.5 Å². The van der Waals surface area contributed by atoms with E-state index in [1.807, 2.05) is 30.3 Å². The zero-order chi connectivity index (χ0) is 15.2. The van der Waals surface area contributed by atoms with Gasteiger partial charge in [-0.3, -0.25) is 0 Å². The molecule has 1 aromatic carbocycles. The molecule has 0 atom stereocenters. The molecule has 112 valence electrons. The van der Waals surface area contributed by atoms with Crippen molar-refractivity contribution < 1.29 is 0 Å². The van der Waals surface area contributed by atoms with Crippen molar-refractivity contribution in [2.24, 2.45) is 0 Å². The Morgan fingerprint density at radius 1 is 1.10 bits per heavy atom. The van der Waals surface area contributed by atoms with Crippen molar-refractivity contribution in [1.29, 1.82) is 0 Å². The van der Waals surface area contributed by atoms with Gasteiger partial charge in [0.15, 0.2) is 0 Å². The fraction of sp³-hybridized carbons (Fsp3) is 0.375. The first-order chi connectivity index (χ1) is 10.1. The van der Waals surface area contributed by atoms with Crippen LogP contribution in [0.5, 0.6) is 0 Å². The van der Waals surface area contributed by atoms with Gasteiger partial charge in [-0.1, -0.05) is 36.7 Å². The zero-order valence-electron chi connectivity index (χ0n) is 12.7. The van der Waals surface area contributed by atoms with Gasteiger partial charge in [0.1, 0.15) is 17.5 Å². The van der Waals surface area contributed by atoms with Crippen molar-refractivity contribution in [2.45, 2.75) is 33.1 Å². The minimum absolute atomic E-state index is 0.291. The van der Waals surface area contributed by atoms with Crippen molar-refractivity contribution in [3.63, 3.8) is 0 Å². The molecule has 0 aliphatic heterocycles. The topological polar surface area (TPSA) is 49.8 Å². The van der Waals surface area contributed by atoms with Crippen LogP contribution in [0.25, 0.3) is 0 Å². The van der Waals surface area contributed by atoms with Gasteiger partial charge in [0, 0.05) is 28.7 Å². The van der Waals surface area contributed by atoms with Crippen LogP contribution >= 0.6 is 15.9 Å². The molecule has 0 aliphatic rings. The number of rotatable bonds is 6. The molecular formula is C16H21BrN4. The lowest BCUT2D eigenvalue weighted by atomic mass is 10.2. The van der Waals surface area contributed by atoms with Crippen LogP contribution in [0.4, 0.5) is 17.3 Å². The average molecular weight is 349 g/mol. The smallest absolute Gasteiger partial charge is 0.136 e. The van der Waals surface area contributed by atoms with Crippen molar-refractivity contribution in [3.8, 4) is 0 Å². The molecule has 2 N–H and O–H groups in total. The highest BCUT2D eigenvalue weighted by molar-refractivity contribution is 9.10. The molecule has 4 nitrogen and oxygen atoms in total. The highest BCUT2D eigenvalue weighted by Crippen LogP contribution is 2.22. The van der Waals surface area contributed by atoms with E-state index >= 15 is 0 Å². The first-order valence-electron chi connectivity index (χ1n) is 7.24. The Labute approximate surface area is 134 Å². The van der Waals surface area contributed by atoms with Gasteiger partial charge in [0.25, 0.3) is 0 Å². The summed E-state index contributed by atoms with van der Waals surface area (Å²) < 4.78 is 1.06. The maximum atomic E-state index is 4.58. The van der Waals surface area contributed by atoms with E-state index in [1.165, 1.54) is 0 Å². The van der Waals surface area contributed by atoms with E-state index in [0.717, 1.165) is 40.6 Å². The Hall–Kier alpha value is -1.62. The summed E-state index contributed by atoms with van der Waals surface area (Å²) in [5.41, 5.74) is 1.01. The van der Waals surface area contributed by atoms with E-state index in [0.29, 0.717) is 5.92 Å². The summed E-state index contributed by atoms with van der Waals surface area (Å²) in [5, 5.41) is 6.66. The van der Waals surface area contributed by atoms with Gasteiger partial charge in [-0.15, -0.1) is 0 Å². The highest BCUT2D eigenvalue weighted by Gasteiger charge is 2.08. The minimum atomic E-state index is 0.291. The second-order valence-electron chi connectivity index (χ2n) is 5.21. The van der Waals surface area contributed by atoms with Crippen molar-refractivity contribution >= 4 is 33.3 Å². The molecule has 2 aromatic rings. The van der Waals surface area contributed by atoms with Crippen LogP contribution in [-0.2, 0) is 0 Å². The largest absolute Gasteiger partial charge is 0.370 e. The molecule has 0 bridgehead atoms. The van der Waals surface area contributed by atoms with Crippen molar-refractivity contribution in [2.75, 3.05) is 17.2 Å². The van der Waals surface area contributed by atoms with Crippen LogP contribution in [0.15, 0.2) is 34.8 Å². The van der Waals surface area contributed by atoms with Crippen LogP contribution in [0.3, 0.4) is 0 Å². The van der Waals surface area contributed by atoms with Gasteiger partial charge >= 0.3 is 0 Å². The van der Waals surface area contributed by atoms with E-state index in [-0.39, 0.29) is 0 Å². The maximum absolute atomic E-state index is 4.58. The van der Waals surface area contributed by atoms with Crippen molar-refractivity contribution in [1.82, 2.24) is 9.97 Å². The van der Waals surface area contributed by atoms with Crippen LogP contribution in [0.1, 0.15) is 38.9 Å². The van der Waals surface area contributed by atoms with E-state index in [4.69, 9.17) is 0 Å². The predicted octanol–water partition coefficient (Wildman–Crippen LogP) is 4.93. The Balaban J connectivity index is 2.24. The zero-order valence-corrected chi connectivity index (χ0v) is 14.2. The summed E-state index contributed by atoms with van der Waals surface area (Å²) in [5.74, 6) is 2.82. The number of benzene rings is 1. The normalized spacial score (nSPS) is 10.7. The summed E-state index contributed by atoms with van der Waals surface area (Å²) in [6.45, 7) is 7.25. The first-order valence-corrected chi connectivity index (χ1v) is 8.03. The average Bonchev–Trinajstić information content (AvgIpc) is 2.47. The lowest BCUT2D eigenvalue weighted by Gasteiger charge is -2.12. The van der Waals surface area contributed by atoms with Gasteiger partial charge in [-0.25, -0.2) is 9.97 Å². The van der Waals surface area contributed by atoms with Gasteiger partial charge in [-0.2, -0.15) is 0 Å². The van der Waals surface area contributed by atoms with Gasteiger partial charge in [0.05, 0.1) is 0 Å². The molecule has 0 amide bonds. The summed E-state index contributed by atoms with van der Waals surface area (Å²) >= 11 is 3.44. The molecule has 1 heterocycles. The molecule has 0 saturated heterocycles. The Kier molecular flexibility index (Phi) is 5.56. The Morgan fingerprint density at radius 2 is 1.76 bits per heavy atom. The number of hydrogen-bond acceptors (Lipinski definition) is 4. The number of nitrogens with zero attached hydrogens (tertiary/aromatic N) is 2. The fourth-order valence-corrected chi connectivity index (χ4v) is 2.08. The van der Waals surface area contributed by atoms with E-state index < -0.39 is 0 Å². The molecule has 2 rings (SSSR count). The maximum Gasteiger partial charge on any atom is 0.136 e. The molecule has 0 saturated carbocycles.